The average Bonchev–Trinajstić information content (AvgIpc) is 2.38. The number of nitrogens with zero attached hydrogens (tertiary/aromatic N) is 3. The fourth-order valence-electron chi connectivity index (χ4n) is 2.41. The Hall–Kier alpha value is -1.13. The van der Waals surface area contributed by atoms with Crippen LogP contribution in [-0.4, -0.2) is 43.1 Å². The van der Waals surface area contributed by atoms with Crippen LogP contribution >= 0.6 is 0 Å². The van der Waals surface area contributed by atoms with E-state index >= 15 is 0 Å². The minimum Gasteiger partial charge on any atom is -0.353 e. The van der Waals surface area contributed by atoms with Gasteiger partial charge in [-0.2, -0.15) is 0 Å². The summed E-state index contributed by atoms with van der Waals surface area (Å²) in [6.07, 6.45) is 0.945. The van der Waals surface area contributed by atoms with E-state index in [4.69, 9.17) is 10.7 Å². The number of nitrogens with two attached hydrogens (primary N) is 1. The largest absolute Gasteiger partial charge is 0.353 e. The first-order valence-electron chi connectivity index (χ1n) is 7.13. The molecule has 0 aliphatic carbocycles. The molecule has 0 aliphatic heterocycles. The van der Waals surface area contributed by atoms with Crippen molar-refractivity contribution >= 4 is 5.82 Å². The smallest absolute Gasteiger partial charge is 0.129 e. The predicted molar refractivity (Wildman–Crippen MR) is 82.5 cm³/mol. The number of anilines is 1. The van der Waals surface area contributed by atoms with Crippen molar-refractivity contribution in [3.63, 3.8) is 0 Å². The maximum atomic E-state index is 5.79. The summed E-state index contributed by atoms with van der Waals surface area (Å²) in [7, 11) is 4.21. The molecular formula is C15H28N4. The molecule has 0 amide bonds. The van der Waals surface area contributed by atoms with Crippen LogP contribution in [0.3, 0.4) is 0 Å². The van der Waals surface area contributed by atoms with Gasteiger partial charge < -0.3 is 15.5 Å². The highest BCUT2D eigenvalue weighted by Crippen LogP contribution is 2.18. The van der Waals surface area contributed by atoms with Gasteiger partial charge in [-0.1, -0.05) is 6.92 Å². The molecule has 4 heteroatoms. The van der Waals surface area contributed by atoms with Crippen LogP contribution in [0.15, 0.2) is 12.1 Å². The standard InChI is InChI=1S/C15H28N4/c1-6-14-8-13(10-16)9-15(17-14)19(7-2)12(3)11-18(4)5/h8-9,12H,6-7,10-11,16H2,1-5H3. The number of hydrogen-bond acceptors (Lipinski definition) is 4. The first kappa shape index (κ1) is 15.9. The van der Waals surface area contributed by atoms with Gasteiger partial charge in [-0.15, -0.1) is 0 Å². The van der Waals surface area contributed by atoms with E-state index in [1.54, 1.807) is 0 Å². The van der Waals surface area contributed by atoms with Crippen LogP contribution in [0.4, 0.5) is 5.82 Å². The number of hydrogen-bond donors (Lipinski definition) is 1. The van der Waals surface area contributed by atoms with Crippen molar-refractivity contribution in [2.75, 3.05) is 32.1 Å². The Morgan fingerprint density at radius 1 is 1.26 bits per heavy atom. The van der Waals surface area contributed by atoms with Gasteiger partial charge in [0, 0.05) is 31.4 Å². The van der Waals surface area contributed by atoms with Gasteiger partial charge in [0.25, 0.3) is 0 Å². The SMILES string of the molecule is CCc1cc(CN)cc(N(CC)C(C)CN(C)C)n1. The zero-order chi connectivity index (χ0) is 14.4. The Morgan fingerprint density at radius 3 is 2.42 bits per heavy atom. The van der Waals surface area contributed by atoms with Gasteiger partial charge in [0.2, 0.25) is 0 Å². The fourth-order valence-corrected chi connectivity index (χ4v) is 2.41. The third kappa shape index (κ3) is 4.48. The topological polar surface area (TPSA) is 45.4 Å². The zero-order valence-corrected chi connectivity index (χ0v) is 13.0. The van der Waals surface area contributed by atoms with E-state index < -0.39 is 0 Å². The molecule has 0 bridgehead atoms. The molecule has 2 N–H and O–H groups in total. The molecule has 1 aromatic heterocycles. The van der Waals surface area contributed by atoms with E-state index in [9.17, 15) is 0 Å². The maximum absolute atomic E-state index is 5.79. The predicted octanol–water partition coefficient (Wildman–Crippen LogP) is 1.88. The van der Waals surface area contributed by atoms with E-state index in [1.165, 1.54) is 0 Å². The molecule has 0 saturated heterocycles. The molecule has 0 radical (unpaired) electrons. The van der Waals surface area contributed by atoms with Crippen molar-refractivity contribution in [3.8, 4) is 0 Å². The quantitative estimate of drug-likeness (QED) is 0.817. The Labute approximate surface area is 117 Å². The lowest BCUT2D eigenvalue weighted by atomic mass is 10.1. The normalized spacial score (nSPS) is 12.8. The monoisotopic (exact) mass is 264 g/mol. The third-order valence-electron chi connectivity index (χ3n) is 3.32. The van der Waals surface area contributed by atoms with Crippen LogP contribution in [0, 0.1) is 0 Å². The lowest BCUT2D eigenvalue weighted by Gasteiger charge is -2.31. The summed E-state index contributed by atoms with van der Waals surface area (Å²) in [5, 5.41) is 0. The molecule has 1 atom stereocenters. The Kier molecular flexibility index (Phi) is 6.25. The highest BCUT2D eigenvalue weighted by molar-refractivity contribution is 5.43. The van der Waals surface area contributed by atoms with Crippen LogP contribution in [0.5, 0.6) is 0 Å². The van der Waals surface area contributed by atoms with Crippen molar-refractivity contribution in [3.05, 3.63) is 23.4 Å². The van der Waals surface area contributed by atoms with Gasteiger partial charge in [0.05, 0.1) is 0 Å². The van der Waals surface area contributed by atoms with Gasteiger partial charge >= 0.3 is 0 Å². The molecule has 0 spiro atoms. The molecule has 4 nitrogen and oxygen atoms in total. The molecule has 0 fully saturated rings. The fraction of sp³-hybridized carbons (Fsp3) is 0.667. The third-order valence-corrected chi connectivity index (χ3v) is 3.32. The summed E-state index contributed by atoms with van der Waals surface area (Å²) in [4.78, 5) is 9.31. The first-order valence-corrected chi connectivity index (χ1v) is 7.13. The molecule has 0 saturated carbocycles. The second kappa shape index (κ2) is 7.46. The van der Waals surface area contributed by atoms with Gasteiger partial charge in [-0.25, -0.2) is 4.98 Å². The first-order chi connectivity index (χ1) is 9.01. The molecule has 1 unspecified atom stereocenters. The second-order valence-electron chi connectivity index (χ2n) is 5.28. The number of rotatable bonds is 7. The minimum atomic E-state index is 0.435. The lowest BCUT2D eigenvalue weighted by Crippen LogP contribution is -2.40. The average molecular weight is 264 g/mol. The summed E-state index contributed by atoms with van der Waals surface area (Å²) < 4.78 is 0. The molecule has 19 heavy (non-hydrogen) atoms. The van der Waals surface area contributed by atoms with Gasteiger partial charge in [0.15, 0.2) is 0 Å². The van der Waals surface area contributed by atoms with Crippen molar-refractivity contribution in [2.45, 2.75) is 39.8 Å². The van der Waals surface area contributed by atoms with Gasteiger partial charge in [-0.05, 0) is 52.1 Å². The van der Waals surface area contributed by atoms with Crippen LogP contribution in [0.1, 0.15) is 32.0 Å². The van der Waals surface area contributed by atoms with Crippen molar-refractivity contribution < 1.29 is 0 Å². The summed E-state index contributed by atoms with van der Waals surface area (Å²) in [5.41, 5.74) is 8.07. The van der Waals surface area contributed by atoms with Gasteiger partial charge in [-0.3, -0.25) is 0 Å². The molecule has 0 aliphatic rings. The van der Waals surface area contributed by atoms with Gasteiger partial charge in [0.1, 0.15) is 5.82 Å². The van der Waals surface area contributed by atoms with Crippen molar-refractivity contribution in [1.82, 2.24) is 9.88 Å². The number of likely N-dealkylation sites (N-methyl/N-ethyl adjacent to an activating group) is 2. The maximum Gasteiger partial charge on any atom is 0.129 e. The Balaban J connectivity index is 3.02. The zero-order valence-electron chi connectivity index (χ0n) is 13.0. The number of pyridine rings is 1. The Bertz CT molecular complexity index is 367. The van der Waals surface area contributed by atoms with Crippen molar-refractivity contribution in [2.24, 2.45) is 5.73 Å². The van der Waals surface area contributed by atoms with Crippen LogP contribution in [0.25, 0.3) is 0 Å². The second-order valence-corrected chi connectivity index (χ2v) is 5.28. The summed E-state index contributed by atoms with van der Waals surface area (Å²) in [5.74, 6) is 1.05. The Morgan fingerprint density at radius 2 is 1.95 bits per heavy atom. The summed E-state index contributed by atoms with van der Waals surface area (Å²) in [6, 6.07) is 4.66. The molecule has 108 valence electrons. The van der Waals surface area contributed by atoms with E-state index in [0.717, 1.165) is 36.6 Å². The minimum absolute atomic E-state index is 0.435. The lowest BCUT2D eigenvalue weighted by molar-refractivity contribution is 0.372. The van der Waals surface area contributed by atoms with Crippen LogP contribution in [-0.2, 0) is 13.0 Å². The van der Waals surface area contributed by atoms with Crippen LogP contribution < -0.4 is 10.6 Å². The van der Waals surface area contributed by atoms with Crippen LogP contribution in [0.2, 0.25) is 0 Å². The van der Waals surface area contributed by atoms with Crippen molar-refractivity contribution in [1.29, 1.82) is 0 Å². The molecule has 0 aromatic carbocycles. The highest BCUT2D eigenvalue weighted by atomic mass is 15.2. The number of aromatic nitrogens is 1. The summed E-state index contributed by atoms with van der Waals surface area (Å²) >= 11 is 0. The van der Waals surface area contributed by atoms with E-state index in [1.807, 2.05) is 0 Å². The summed E-state index contributed by atoms with van der Waals surface area (Å²) in [6.45, 7) is 9.09. The number of aryl methyl sites for hydroxylation is 1. The molecule has 1 aromatic rings. The molecular weight excluding hydrogens is 236 g/mol. The van der Waals surface area contributed by atoms with E-state index in [-0.39, 0.29) is 0 Å². The highest BCUT2D eigenvalue weighted by Gasteiger charge is 2.15. The van der Waals surface area contributed by atoms with E-state index in [2.05, 4.69) is 56.8 Å². The van der Waals surface area contributed by atoms with E-state index in [0.29, 0.717) is 12.6 Å². The molecule has 1 heterocycles. The molecule has 1 rings (SSSR count).